The number of carboxylic acid groups (broad SMARTS) is 1. The molecule has 0 saturated heterocycles. The van der Waals surface area contributed by atoms with Gasteiger partial charge in [-0.25, -0.2) is 14.2 Å². The molecule has 6 nitrogen and oxygen atoms in total. The lowest BCUT2D eigenvalue weighted by molar-refractivity contribution is -0.132. The normalized spacial score (nSPS) is 11.5. The molecule has 36 heavy (non-hydrogen) atoms. The minimum atomic E-state index is -1.11. The maximum atomic E-state index is 15.1. The molecule has 190 valence electrons. The van der Waals surface area contributed by atoms with Crippen LogP contribution in [0.1, 0.15) is 54.6 Å². The third kappa shape index (κ3) is 7.13. The molecular weight excluding hydrogens is 526 g/mol. The first-order valence-corrected chi connectivity index (χ1v) is 12.9. The summed E-state index contributed by atoms with van der Waals surface area (Å²) in [4.78, 5) is 28.2. The molecule has 2 aromatic carbocycles. The fourth-order valence-electron chi connectivity index (χ4n) is 3.28. The second-order valence-corrected chi connectivity index (χ2v) is 9.69. The fourth-order valence-corrected chi connectivity index (χ4v) is 4.58. The van der Waals surface area contributed by atoms with Crippen molar-refractivity contribution < 1.29 is 23.8 Å². The number of hydrogen-bond donors (Lipinski definition) is 2. The number of anilines is 1. The molecule has 0 atom stereocenters. The van der Waals surface area contributed by atoms with Gasteiger partial charge < -0.3 is 9.84 Å². The fraction of sp³-hybridized carbons (Fsp3) is 0.269. The average molecular weight is 551 g/mol. The number of carbonyl (C=O) groups excluding carboxylic acids is 1. The number of amides is 1. The molecule has 0 aliphatic rings. The SMILES string of the molecule is CCCCCOCc1cccc(-c2csc(NC(=O)c3cc(Cl)c(C=C(C)C(=O)O)c(Cl)c3)n2)c1F. The van der Waals surface area contributed by atoms with Crippen molar-refractivity contribution in [3.63, 3.8) is 0 Å². The molecule has 0 radical (unpaired) electrons. The Balaban J connectivity index is 1.73. The van der Waals surface area contributed by atoms with Gasteiger partial charge in [-0.15, -0.1) is 11.3 Å². The quantitative estimate of drug-likeness (QED) is 0.188. The van der Waals surface area contributed by atoms with E-state index in [2.05, 4.69) is 17.2 Å². The van der Waals surface area contributed by atoms with Crippen LogP contribution in [-0.2, 0) is 16.1 Å². The third-order valence-electron chi connectivity index (χ3n) is 5.27. The van der Waals surface area contributed by atoms with Gasteiger partial charge in [0.15, 0.2) is 5.13 Å². The van der Waals surface area contributed by atoms with Gasteiger partial charge in [-0.2, -0.15) is 0 Å². The van der Waals surface area contributed by atoms with E-state index in [1.807, 2.05) is 0 Å². The van der Waals surface area contributed by atoms with Gasteiger partial charge in [-0.05, 0) is 37.6 Å². The number of unbranched alkanes of at least 4 members (excludes halogenated alkanes) is 2. The zero-order valence-corrected chi connectivity index (χ0v) is 22.1. The lowest BCUT2D eigenvalue weighted by Crippen LogP contribution is -2.12. The Morgan fingerprint density at radius 3 is 2.61 bits per heavy atom. The predicted octanol–water partition coefficient (Wildman–Crippen LogP) is 7.70. The van der Waals surface area contributed by atoms with Crippen LogP contribution in [0.4, 0.5) is 9.52 Å². The van der Waals surface area contributed by atoms with Crippen LogP contribution in [0.25, 0.3) is 17.3 Å². The van der Waals surface area contributed by atoms with E-state index in [0.717, 1.165) is 30.6 Å². The summed E-state index contributed by atoms with van der Waals surface area (Å²) < 4.78 is 20.7. The Morgan fingerprint density at radius 1 is 1.22 bits per heavy atom. The van der Waals surface area contributed by atoms with Crippen LogP contribution >= 0.6 is 34.5 Å². The van der Waals surface area contributed by atoms with Crippen LogP contribution in [0, 0.1) is 5.82 Å². The van der Waals surface area contributed by atoms with E-state index < -0.39 is 17.7 Å². The van der Waals surface area contributed by atoms with E-state index in [-0.39, 0.29) is 32.9 Å². The molecule has 0 bridgehead atoms. The van der Waals surface area contributed by atoms with Gasteiger partial charge >= 0.3 is 5.97 Å². The lowest BCUT2D eigenvalue weighted by Gasteiger charge is -2.08. The Kier molecular flexibility index (Phi) is 10.0. The first-order valence-electron chi connectivity index (χ1n) is 11.2. The van der Waals surface area contributed by atoms with Gasteiger partial charge in [0.05, 0.1) is 22.3 Å². The molecule has 1 aromatic heterocycles. The number of aliphatic carboxylic acids is 1. The number of halogens is 3. The zero-order valence-electron chi connectivity index (χ0n) is 19.7. The number of benzene rings is 2. The molecule has 0 aliphatic carbocycles. The first-order chi connectivity index (χ1) is 17.2. The molecule has 0 unspecified atom stereocenters. The highest BCUT2D eigenvalue weighted by Gasteiger charge is 2.17. The van der Waals surface area contributed by atoms with Crippen molar-refractivity contribution in [2.24, 2.45) is 0 Å². The number of rotatable bonds is 11. The van der Waals surface area contributed by atoms with Gasteiger partial charge in [0.1, 0.15) is 5.82 Å². The standard InChI is InChI=1S/C26H25Cl2FN2O4S/c1-3-4-5-9-35-13-16-7-6-8-18(23(16)29)22-14-36-26(30-22)31-24(32)17-11-20(27)19(21(28)12-17)10-15(2)25(33)34/h6-8,10-12,14H,3-5,9,13H2,1-2H3,(H,33,34)(H,30,31,32). The Bertz CT molecular complexity index is 1270. The van der Waals surface area contributed by atoms with Crippen molar-refractivity contribution >= 4 is 57.6 Å². The number of carboxylic acids is 1. The van der Waals surface area contributed by atoms with Crippen LogP contribution < -0.4 is 5.32 Å². The summed E-state index contributed by atoms with van der Waals surface area (Å²) in [7, 11) is 0. The zero-order chi connectivity index (χ0) is 26.2. The highest BCUT2D eigenvalue weighted by Crippen LogP contribution is 2.31. The number of hydrogen-bond acceptors (Lipinski definition) is 5. The number of ether oxygens (including phenoxy) is 1. The van der Waals surface area contributed by atoms with Crippen molar-refractivity contribution in [2.75, 3.05) is 11.9 Å². The monoisotopic (exact) mass is 550 g/mol. The molecule has 1 heterocycles. The van der Waals surface area contributed by atoms with Crippen LogP contribution in [0.3, 0.4) is 0 Å². The van der Waals surface area contributed by atoms with E-state index in [1.165, 1.54) is 25.1 Å². The van der Waals surface area contributed by atoms with Crippen molar-refractivity contribution in [1.82, 2.24) is 4.98 Å². The average Bonchev–Trinajstić information content (AvgIpc) is 3.29. The number of nitrogens with one attached hydrogen (secondary N) is 1. The molecular formula is C26H25Cl2FN2O4S. The second kappa shape index (κ2) is 13.0. The maximum Gasteiger partial charge on any atom is 0.331 e. The van der Waals surface area contributed by atoms with Crippen LogP contribution in [0.15, 0.2) is 41.3 Å². The number of thiazole rings is 1. The van der Waals surface area contributed by atoms with Gasteiger partial charge in [-0.3, -0.25) is 10.1 Å². The van der Waals surface area contributed by atoms with Gasteiger partial charge in [0, 0.05) is 39.8 Å². The largest absolute Gasteiger partial charge is 0.478 e. The minimum Gasteiger partial charge on any atom is -0.478 e. The number of carbonyl (C=O) groups is 2. The van der Waals surface area contributed by atoms with E-state index >= 15 is 4.39 Å². The van der Waals surface area contributed by atoms with Crippen molar-refractivity contribution in [1.29, 1.82) is 0 Å². The van der Waals surface area contributed by atoms with E-state index in [1.54, 1.807) is 23.6 Å². The summed E-state index contributed by atoms with van der Waals surface area (Å²) in [5.41, 5.74) is 1.67. The van der Waals surface area contributed by atoms with E-state index in [9.17, 15) is 9.59 Å². The maximum absolute atomic E-state index is 15.1. The summed E-state index contributed by atoms with van der Waals surface area (Å²) in [5.74, 6) is -2.03. The summed E-state index contributed by atoms with van der Waals surface area (Å²) in [5, 5.41) is 13.9. The van der Waals surface area contributed by atoms with Gasteiger partial charge in [-0.1, -0.05) is 55.1 Å². The smallest absolute Gasteiger partial charge is 0.331 e. The van der Waals surface area contributed by atoms with Crippen LogP contribution in [-0.4, -0.2) is 28.6 Å². The molecule has 0 spiro atoms. The van der Waals surface area contributed by atoms with E-state index in [0.29, 0.717) is 29.0 Å². The summed E-state index contributed by atoms with van der Waals surface area (Å²) in [6, 6.07) is 7.83. The second-order valence-electron chi connectivity index (χ2n) is 8.02. The van der Waals surface area contributed by atoms with Gasteiger partial charge in [0.25, 0.3) is 5.91 Å². The summed E-state index contributed by atoms with van der Waals surface area (Å²) in [6.07, 6.45) is 4.43. The molecule has 3 rings (SSSR count). The highest BCUT2D eigenvalue weighted by atomic mass is 35.5. The number of aromatic nitrogens is 1. The molecule has 0 aliphatic heterocycles. The predicted molar refractivity (Wildman–Crippen MR) is 142 cm³/mol. The Morgan fingerprint density at radius 2 is 1.94 bits per heavy atom. The van der Waals surface area contributed by atoms with Crippen molar-refractivity contribution in [2.45, 2.75) is 39.7 Å². The van der Waals surface area contributed by atoms with Crippen LogP contribution in [0.2, 0.25) is 10.0 Å². The lowest BCUT2D eigenvalue weighted by atomic mass is 10.1. The highest BCUT2D eigenvalue weighted by molar-refractivity contribution is 7.14. The Hall–Kier alpha value is -2.78. The summed E-state index contributed by atoms with van der Waals surface area (Å²) in [6.45, 7) is 4.27. The molecule has 3 aromatic rings. The van der Waals surface area contributed by atoms with Crippen molar-refractivity contribution in [3.05, 3.63) is 73.8 Å². The molecule has 1 amide bonds. The Labute approximate surface area is 222 Å². The van der Waals surface area contributed by atoms with E-state index in [4.69, 9.17) is 33.0 Å². The van der Waals surface area contributed by atoms with Crippen molar-refractivity contribution in [3.8, 4) is 11.3 Å². The first kappa shape index (κ1) is 27.8. The third-order valence-corrected chi connectivity index (χ3v) is 6.65. The van der Waals surface area contributed by atoms with Gasteiger partial charge in [0.2, 0.25) is 0 Å². The molecule has 0 saturated carbocycles. The topological polar surface area (TPSA) is 88.5 Å². The minimum absolute atomic E-state index is 0.0469. The summed E-state index contributed by atoms with van der Waals surface area (Å²) >= 11 is 13.6. The van der Waals surface area contributed by atoms with Crippen LogP contribution in [0.5, 0.6) is 0 Å². The molecule has 0 fully saturated rings. The molecule has 2 N–H and O–H groups in total. The molecule has 10 heteroatoms. The number of nitrogens with zero attached hydrogens (tertiary/aromatic N) is 1.